The lowest BCUT2D eigenvalue weighted by Gasteiger charge is -2.29. The summed E-state index contributed by atoms with van der Waals surface area (Å²) >= 11 is 6.00. The van der Waals surface area contributed by atoms with Gasteiger partial charge in [0.2, 0.25) is 0 Å². The summed E-state index contributed by atoms with van der Waals surface area (Å²) in [5.74, 6) is -0.757. The maximum atomic E-state index is 12.4. The molecule has 6 nitrogen and oxygen atoms in total. The second kappa shape index (κ2) is 11.9. The molecule has 0 saturated heterocycles. The number of unbranched alkanes of at least 4 members (excludes halogenated alkanes) is 1. The second-order valence-electron chi connectivity index (χ2n) is 8.09. The monoisotopic (exact) mass is 489 g/mol. The van der Waals surface area contributed by atoms with Crippen molar-refractivity contribution in [3.63, 3.8) is 0 Å². The van der Waals surface area contributed by atoms with Gasteiger partial charge in [-0.2, -0.15) is 0 Å². The normalized spacial score (nSPS) is 15.2. The molecule has 3 rings (SSSR count). The van der Waals surface area contributed by atoms with Crippen LogP contribution in [0.25, 0.3) is 11.1 Å². The predicted octanol–water partition coefficient (Wildman–Crippen LogP) is 5.01. The standard InChI is InChI=1S/C25H32NO5PS/c1-4-5-16-32(33,26-23(25(28)30-3)14-15-24(27)29-2)31-17-22-20-12-8-6-10-18(20)19-11-7-9-13-21(19)22/h6-13,22-23H,4-5,14-17H2,1-3H3,(H,26,33)/t23-,32?/m0/s1. The zero-order valence-electron chi connectivity index (χ0n) is 19.4. The zero-order chi connectivity index (χ0) is 23.8. The van der Waals surface area contributed by atoms with E-state index in [1.54, 1.807) is 0 Å². The van der Waals surface area contributed by atoms with Crippen LogP contribution in [0.4, 0.5) is 0 Å². The molecule has 0 heterocycles. The fraction of sp³-hybridized carbons (Fsp3) is 0.440. The minimum Gasteiger partial charge on any atom is -0.469 e. The molecule has 8 heteroatoms. The molecule has 0 amide bonds. The number of carbonyl (C=O) groups is 2. The molecule has 2 aromatic carbocycles. The lowest BCUT2D eigenvalue weighted by atomic mass is 9.98. The van der Waals surface area contributed by atoms with Gasteiger partial charge in [-0.05, 0) is 35.1 Å². The van der Waals surface area contributed by atoms with Gasteiger partial charge < -0.3 is 14.0 Å². The molecule has 33 heavy (non-hydrogen) atoms. The molecule has 0 bridgehead atoms. The first-order chi connectivity index (χ1) is 15.9. The van der Waals surface area contributed by atoms with E-state index in [2.05, 4.69) is 36.3 Å². The maximum absolute atomic E-state index is 12.4. The van der Waals surface area contributed by atoms with E-state index >= 15 is 0 Å². The average molecular weight is 490 g/mol. The number of ether oxygens (including phenoxy) is 2. The Morgan fingerprint density at radius 2 is 1.64 bits per heavy atom. The van der Waals surface area contributed by atoms with Crippen LogP contribution in [0, 0.1) is 0 Å². The first-order valence-electron chi connectivity index (χ1n) is 11.3. The number of nitrogens with one attached hydrogen (secondary N) is 1. The summed E-state index contributed by atoms with van der Waals surface area (Å²) in [6.45, 7) is 2.52. The number of carbonyl (C=O) groups excluding carboxylic acids is 2. The van der Waals surface area contributed by atoms with Gasteiger partial charge in [0.05, 0.1) is 20.8 Å². The number of rotatable bonds is 12. The molecule has 0 spiro atoms. The van der Waals surface area contributed by atoms with Gasteiger partial charge in [-0.1, -0.05) is 73.7 Å². The number of esters is 2. The van der Waals surface area contributed by atoms with Crippen LogP contribution in [0.2, 0.25) is 0 Å². The van der Waals surface area contributed by atoms with Crippen LogP contribution in [0.5, 0.6) is 0 Å². The molecule has 1 aliphatic rings. The quantitative estimate of drug-likeness (QED) is 0.332. The third-order valence-corrected chi connectivity index (χ3v) is 9.28. The van der Waals surface area contributed by atoms with Crippen LogP contribution in [0.15, 0.2) is 48.5 Å². The van der Waals surface area contributed by atoms with Gasteiger partial charge >= 0.3 is 11.9 Å². The summed E-state index contributed by atoms with van der Waals surface area (Å²) in [7, 11) is 2.66. The Kier molecular flexibility index (Phi) is 9.21. The number of hydrogen-bond acceptors (Lipinski definition) is 6. The fourth-order valence-electron chi connectivity index (χ4n) is 4.15. The van der Waals surface area contributed by atoms with E-state index in [9.17, 15) is 9.59 Å². The van der Waals surface area contributed by atoms with Crippen LogP contribution in [0.3, 0.4) is 0 Å². The molecule has 0 saturated carbocycles. The molecule has 0 radical (unpaired) electrons. The predicted molar refractivity (Wildman–Crippen MR) is 134 cm³/mol. The van der Waals surface area contributed by atoms with Crippen molar-refractivity contribution in [3.05, 3.63) is 59.7 Å². The van der Waals surface area contributed by atoms with Crippen molar-refractivity contribution in [2.45, 2.75) is 44.6 Å². The highest BCUT2D eigenvalue weighted by Crippen LogP contribution is 2.50. The molecule has 1 N–H and O–H groups in total. The Morgan fingerprint density at radius 1 is 1.03 bits per heavy atom. The maximum Gasteiger partial charge on any atom is 0.323 e. The van der Waals surface area contributed by atoms with Crippen molar-refractivity contribution < 1.29 is 23.6 Å². The van der Waals surface area contributed by atoms with Gasteiger partial charge in [-0.15, -0.1) is 0 Å². The average Bonchev–Trinajstić information content (AvgIpc) is 3.17. The van der Waals surface area contributed by atoms with E-state index in [4.69, 9.17) is 25.8 Å². The molecule has 0 fully saturated rings. The second-order valence-corrected chi connectivity index (χ2v) is 12.2. The number of methoxy groups -OCH3 is 2. The number of hydrogen-bond donors (Lipinski definition) is 1. The molecule has 178 valence electrons. The molecule has 1 unspecified atom stereocenters. The van der Waals surface area contributed by atoms with Crippen molar-refractivity contribution >= 4 is 30.2 Å². The first kappa shape index (κ1) is 25.6. The molecule has 0 aromatic heterocycles. The Hall–Kier alpha value is -2.05. The van der Waals surface area contributed by atoms with Gasteiger partial charge in [-0.25, -0.2) is 0 Å². The summed E-state index contributed by atoms with van der Waals surface area (Å²) in [6.07, 6.45) is 0.255. The Morgan fingerprint density at radius 3 is 2.18 bits per heavy atom. The minimum absolute atomic E-state index is 0.0785. The van der Waals surface area contributed by atoms with Crippen molar-refractivity contribution in [3.8, 4) is 11.1 Å². The van der Waals surface area contributed by atoms with Crippen LogP contribution in [-0.4, -0.2) is 45.0 Å². The van der Waals surface area contributed by atoms with E-state index in [0.29, 0.717) is 12.8 Å². The number of fused-ring (bicyclic) bond motifs is 3. The molecular formula is C25H32NO5PS. The Labute approximate surface area is 201 Å². The van der Waals surface area contributed by atoms with Gasteiger partial charge in [-0.3, -0.25) is 14.7 Å². The first-order valence-corrected chi connectivity index (χ1v) is 14.2. The summed E-state index contributed by atoms with van der Waals surface area (Å²) in [5, 5.41) is 3.29. The van der Waals surface area contributed by atoms with Crippen LogP contribution in [0.1, 0.15) is 49.7 Å². The number of benzene rings is 2. The van der Waals surface area contributed by atoms with E-state index in [1.165, 1.54) is 36.5 Å². The van der Waals surface area contributed by atoms with Crippen molar-refractivity contribution in [2.24, 2.45) is 0 Å². The lowest BCUT2D eigenvalue weighted by Crippen LogP contribution is -2.37. The Bertz CT molecular complexity index is 982. The lowest BCUT2D eigenvalue weighted by molar-refractivity contribution is -0.144. The van der Waals surface area contributed by atoms with Gasteiger partial charge in [0, 0.05) is 18.5 Å². The van der Waals surface area contributed by atoms with Crippen LogP contribution in [-0.2, 0) is 35.4 Å². The van der Waals surface area contributed by atoms with Crippen LogP contribution >= 0.6 is 6.42 Å². The third kappa shape index (κ3) is 6.30. The van der Waals surface area contributed by atoms with Crippen LogP contribution < -0.4 is 5.09 Å². The minimum atomic E-state index is -2.57. The zero-order valence-corrected chi connectivity index (χ0v) is 21.1. The highest BCUT2D eigenvalue weighted by atomic mass is 32.4. The summed E-state index contributed by atoms with van der Waals surface area (Å²) < 4.78 is 16.2. The van der Waals surface area contributed by atoms with Crippen molar-refractivity contribution in [1.29, 1.82) is 0 Å². The fourth-order valence-corrected chi connectivity index (χ4v) is 7.26. The topological polar surface area (TPSA) is 73.9 Å². The highest BCUT2D eigenvalue weighted by Gasteiger charge is 2.32. The SMILES string of the molecule is CCCCP(=S)(N[C@@H](CCC(=O)OC)C(=O)OC)OCC1c2ccccc2-c2ccccc21. The van der Waals surface area contributed by atoms with Gasteiger partial charge in [0.1, 0.15) is 12.5 Å². The van der Waals surface area contributed by atoms with Crippen molar-refractivity contribution in [1.82, 2.24) is 5.09 Å². The molecular weight excluding hydrogens is 457 g/mol. The Balaban J connectivity index is 1.80. The van der Waals surface area contributed by atoms with Gasteiger partial charge in [0.25, 0.3) is 0 Å². The summed E-state index contributed by atoms with van der Waals surface area (Å²) in [5.41, 5.74) is 4.90. The molecule has 0 aliphatic heterocycles. The highest BCUT2D eigenvalue weighted by molar-refractivity contribution is 8.11. The van der Waals surface area contributed by atoms with Gasteiger partial charge in [0.15, 0.2) is 0 Å². The van der Waals surface area contributed by atoms with E-state index in [0.717, 1.165) is 12.8 Å². The summed E-state index contributed by atoms with van der Waals surface area (Å²) in [4.78, 5) is 24.1. The van der Waals surface area contributed by atoms with Crippen molar-refractivity contribution in [2.75, 3.05) is 27.0 Å². The smallest absolute Gasteiger partial charge is 0.323 e. The molecule has 2 aromatic rings. The van der Waals surface area contributed by atoms with E-state index in [1.807, 2.05) is 24.3 Å². The third-order valence-electron chi connectivity index (χ3n) is 5.92. The summed E-state index contributed by atoms with van der Waals surface area (Å²) in [6, 6.07) is 16.0. The van der Waals surface area contributed by atoms with E-state index in [-0.39, 0.29) is 24.7 Å². The molecule has 2 atom stereocenters. The van der Waals surface area contributed by atoms with E-state index < -0.39 is 18.4 Å². The molecule has 1 aliphatic carbocycles. The largest absolute Gasteiger partial charge is 0.469 e.